The molecule has 0 bridgehead atoms. The summed E-state index contributed by atoms with van der Waals surface area (Å²) in [5, 5.41) is 0. The molecule has 26 heavy (non-hydrogen) atoms. The zero-order chi connectivity index (χ0) is 22.1. The number of aryl methyl sites for hydroxylation is 2. The van der Waals surface area contributed by atoms with Crippen LogP contribution in [0.3, 0.4) is 0 Å². The quantitative estimate of drug-likeness (QED) is 0.351. The van der Waals surface area contributed by atoms with Crippen molar-refractivity contribution in [2.45, 2.75) is 67.7 Å². The molecule has 0 aliphatic heterocycles. The van der Waals surface area contributed by atoms with E-state index in [-0.39, 0.29) is 0 Å². The predicted octanol–water partition coefficient (Wildman–Crippen LogP) is 3.03. The molecule has 0 aliphatic rings. The summed E-state index contributed by atoms with van der Waals surface area (Å²) in [6.45, 7) is 8.85. The Morgan fingerprint density at radius 1 is 0.846 bits per heavy atom. The first kappa shape index (κ1) is 33.7. The van der Waals surface area contributed by atoms with Gasteiger partial charge in [-0.2, -0.15) is 0 Å². The van der Waals surface area contributed by atoms with Gasteiger partial charge in [-0.25, -0.2) is 9.97 Å². The molecule has 6 N–H and O–H groups in total. The second kappa shape index (κ2) is 18.5. The van der Waals surface area contributed by atoms with E-state index < -0.39 is 13.4 Å². The number of hydrogen-bond donors (Lipinski definition) is 6. The van der Waals surface area contributed by atoms with Crippen molar-refractivity contribution in [1.29, 1.82) is 0 Å². The molecule has 1 aromatic rings. The van der Waals surface area contributed by atoms with Crippen LogP contribution in [0.4, 0.5) is 0 Å². The molecule has 0 aliphatic carbocycles. The van der Waals surface area contributed by atoms with E-state index in [2.05, 4.69) is 61.3 Å². The predicted molar refractivity (Wildman–Crippen MR) is 115 cm³/mol. The van der Waals surface area contributed by atoms with Crippen molar-refractivity contribution >= 4 is 37.1 Å². The third-order valence-corrected chi connectivity index (χ3v) is 1.52. The van der Waals surface area contributed by atoms with Crippen LogP contribution in [0, 0.1) is 13.8 Å². The van der Waals surface area contributed by atoms with E-state index in [1.54, 1.807) is 0 Å². The second-order valence-corrected chi connectivity index (χ2v) is 9.89. The van der Waals surface area contributed by atoms with Crippen LogP contribution in [-0.2, 0) is 23.6 Å². The lowest BCUT2D eigenvalue weighted by Crippen LogP contribution is -2.00. The van der Waals surface area contributed by atoms with Gasteiger partial charge in [0.15, 0.2) is 0 Å². The van der Waals surface area contributed by atoms with Gasteiger partial charge in [0, 0.05) is 17.3 Å². The van der Waals surface area contributed by atoms with Gasteiger partial charge in [0.05, 0.1) is 0 Å². The van der Waals surface area contributed by atoms with Crippen LogP contribution < -0.4 is 0 Å². The lowest BCUT2D eigenvalue weighted by molar-refractivity contribution is 0.361. The molecule has 12 heteroatoms. The Morgan fingerprint density at radius 2 is 1.04 bits per heavy atom. The van der Waals surface area contributed by atoms with Gasteiger partial charge in [-0.1, -0.05) is 48.0 Å². The molecule has 0 saturated heterocycles. The highest BCUT2D eigenvalue weighted by Gasteiger charge is 2.02. The zero-order valence-corrected chi connectivity index (χ0v) is 20.1. The number of nitrogens with zero attached hydrogens (tertiary/aromatic N) is 2. The van der Waals surface area contributed by atoms with Crippen LogP contribution >= 0.6 is 13.4 Å². The van der Waals surface area contributed by atoms with Crippen molar-refractivity contribution in [3.8, 4) is 0 Å². The number of rotatable bonds is 1. The van der Waals surface area contributed by atoms with Crippen molar-refractivity contribution in [2.75, 3.05) is 0 Å². The van der Waals surface area contributed by atoms with Gasteiger partial charge in [-0.3, -0.25) is 0 Å². The first-order chi connectivity index (χ1) is 11.5. The molecule has 0 fully saturated rings. The zero-order valence-electron chi connectivity index (χ0n) is 16.7. The maximum absolute atomic E-state index is 7.56. The molecule has 0 spiro atoms. The monoisotopic (exact) mass is 452 g/mol. The summed E-state index contributed by atoms with van der Waals surface area (Å²) in [6.07, 6.45) is 1.25. The highest BCUT2D eigenvalue weighted by Crippen LogP contribution is 2.26. The Balaban J connectivity index is -0.000000137. The minimum absolute atomic E-state index is 0.425. The van der Waals surface area contributed by atoms with Crippen molar-refractivity contribution < 1.29 is 29.4 Å². The van der Waals surface area contributed by atoms with E-state index in [9.17, 15) is 0 Å². The molecule has 0 aromatic carbocycles. The molecule has 158 valence electrons. The van der Waals surface area contributed by atoms with Crippen LogP contribution in [0.1, 0.15) is 71.1 Å². The number of aromatic nitrogens is 2. The average Bonchev–Trinajstić information content (AvgIpc) is 2.36. The molecule has 0 unspecified atom stereocenters. The first-order valence-corrected chi connectivity index (χ1v) is 13.2. The fraction of sp³-hybridized carbons (Fsp3) is 0.714. The first-order valence-electron chi connectivity index (χ1n) is 7.89. The van der Waals surface area contributed by atoms with E-state index in [4.69, 9.17) is 29.4 Å². The van der Waals surface area contributed by atoms with Crippen molar-refractivity contribution in [2.24, 2.45) is 0 Å². The second-order valence-electron chi connectivity index (χ2n) is 4.90. The summed E-state index contributed by atoms with van der Waals surface area (Å²) in [5.74, 6) is 1.37. The van der Waals surface area contributed by atoms with Crippen molar-refractivity contribution in [1.82, 2.24) is 9.97 Å². The summed E-state index contributed by atoms with van der Waals surface area (Å²) in [5.41, 5.74) is 2.11. The van der Waals surface area contributed by atoms with Crippen molar-refractivity contribution in [3.05, 3.63) is 23.3 Å². The fourth-order valence-corrected chi connectivity index (χ4v) is 1.01. The molecule has 0 saturated carbocycles. The van der Waals surface area contributed by atoms with Gasteiger partial charge in [-0.15, -0.1) is 0 Å². The van der Waals surface area contributed by atoms with E-state index in [1.165, 1.54) is 6.42 Å². The average molecular weight is 453 g/mol. The molecule has 8 nitrogen and oxygen atoms in total. The fourth-order valence-electron chi connectivity index (χ4n) is 1.01. The van der Waals surface area contributed by atoms with Gasteiger partial charge < -0.3 is 29.4 Å². The molecular formula is C14H34N2O6P2S2. The van der Waals surface area contributed by atoms with Crippen LogP contribution in [0.2, 0.25) is 0 Å². The molecule has 1 heterocycles. The van der Waals surface area contributed by atoms with Crippen molar-refractivity contribution in [3.63, 3.8) is 0 Å². The smallest absolute Gasteiger partial charge is 0.319 e. The van der Waals surface area contributed by atoms with Gasteiger partial charge in [0.2, 0.25) is 0 Å². The minimum Gasteiger partial charge on any atom is -0.325 e. The van der Waals surface area contributed by atoms with E-state index in [0.717, 1.165) is 17.2 Å². The Kier molecular flexibility index (Phi) is 24.0. The van der Waals surface area contributed by atoms with Crippen LogP contribution in [0.5, 0.6) is 0 Å². The summed E-state index contributed by atoms with van der Waals surface area (Å²) in [7, 11) is 0. The van der Waals surface area contributed by atoms with E-state index >= 15 is 0 Å². The van der Waals surface area contributed by atoms with E-state index in [1.807, 2.05) is 33.8 Å². The summed E-state index contributed by atoms with van der Waals surface area (Å²) in [6, 6.07) is 1.99. The topological polar surface area (TPSA) is 147 Å². The lowest BCUT2D eigenvalue weighted by Gasteiger charge is -2.04. The van der Waals surface area contributed by atoms with Crippen LogP contribution in [0.25, 0.3) is 0 Å². The highest BCUT2D eigenvalue weighted by molar-refractivity contribution is 8.06. The maximum Gasteiger partial charge on any atom is 0.319 e. The van der Waals surface area contributed by atoms with Gasteiger partial charge in [0.1, 0.15) is 5.82 Å². The Bertz CT molecular complexity index is 493. The lowest BCUT2D eigenvalue weighted by atomic mass is 10.2. The molecule has 0 atom stereocenters. The summed E-state index contributed by atoms with van der Waals surface area (Å²) < 4.78 is 0. The van der Waals surface area contributed by atoms with Crippen LogP contribution in [-0.4, -0.2) is 39.3 Å². The molecule has 0 amide bonds. The summed E-state index contributed by atoms with van der Waals surface area (Å²) >= 11 is 7.21. The molecule has 1 aromatic heterocycles. The van der Waals surface area contributed by atoms with Crippen LogP contribution in [0.15, 0.2) is 6.07 Å². The standard InChI is InChI=1S/C9H14N2.C3H8.C2H6.2H3O3PS/c1-6(2)9-10-7(3)5-8(4)11-9;1-3-2;1-2;2*1-4(2,3)5/h5-6H,1-4H3;3H2,1-2H3;1-2H3;2*(H3,1,2,3,5). The summed E-state index contributed by atoms with van der Waals surface area (Å²) in [4.78, 5) is 54.0. The largest absolute Gasteiger partial charge is 0.325 e. The maximum atomic E-state index is 7.56. The number of hydrogen-bond acceptors (Lipinski definition) is 4. The van der Waals surface area contributed by atoms with Gasteiger partial charge in [0.25, 0.3) is 0 Å². The molecule has 1 rings (SSSR count). The molecular weight excluding hydrogens is 418 g/mol. The Morgan fingerprint density at radius 3 is 1.19 bits per heavy atom. The third kappa shape index (κ3) is 49.6. The third-order valence-electron chi connectivity index (χ3n) is 1.52. The molecule has 0 radical (unpaired) electrons. The highest BCUT2D eigenvalue weighted by atomic mass is 32.5. The van der Waals surface area contributed by atoms with Gasteiger partial charge >= 0.3 is 13.4 Å². The van der Waals surface area contributed by atoms with Gasteiger partial charge in [-0.05, 0) is 43.5 Å². The minimum atomic E-state index is -3.81. The Labute approximate surface area is 167 Å². The Hall–Kier alpha value is 0.140. The normalized spacial score (nSPS) is 9.96. The van der Waals surface area contributed by atoms with E-state index in [0.29, 0.717) is 5.92 Å². The SMILES string of the molecule is CC.CCC.Cc1cc(C)nc(C(C)C)n1.OP(O)(O)=S.OP(O)(O)=S.